The fourth-order valence-corrected chi connectivity index (χ4v) is 5.07. The van der Waals surface area contributed by atoms with E-state index < -0.39 is 0 Å². The maximum atomic E-state index is 12.6. The van der Waals surface area contributed by atoms with Gasteiger partial charge in [0.15, 0.2) is 0 Å². The van der Waals surface area contributed by atoms with Gasteiger partial charge in [0.25, 0.3) is 0 Å². The minimum atomic E-state index is -0.241. The normalized spacial score (nSPS) is 30.1. The lowest BCUT2D eigenvalue weighted by Gasteiger charge is -2.30. The Balaban J connectivity index is 1.47. The molecule has 2 aliphatic heterocycles. The molecule has 28 heavy (non-hydrogen) atoms. The van der Waals surface area contributed by atoms with Crippen LogP contribution < -0.4 is 0 Å². The number of aromatic hydroxyl groups is 1. The Morgan fingerprint density at radius 3 is 2.64 bits per heavy atom. The summed E-state index contributed by atoms with van der Waals surface area (Å²) >= 11 is 0. The van der Waals surface area contributed by atoms with Crippen molar-refractivity contribution in [1.29, 1.82) is 0 Å². The minimum Gasteiger partial charge on any atom is -0.508 e. The first kappa shape index (κ1) is 18.9. The number of carbonyl (C=O) groups is 2. The van der Waals surface area contributed by atoms with Gasteiger partial charge in [-0.25, -0.2) is 0 Å². The number of amides is 2. The van der Waals surface area contributed by atoms with Gasteiger partial charge in [-0.15, -0.1) is 0 Å². The van der Waals surface area contributed by atoms with Crippen LogP contribution in [-0.4, -0.2) is 41.6 Å². The fourth-order valence-electron chi connectivity index (χ4n) is 5.07. The van der Waals surface area contributed by atoms with Crippen molar-refractivity contribution in [3.8, 4) is 5.75 Å². The summed E-state index contributed by atoms with van der Waals surface area (Å²) in [6, 6.07) is 7.17. The van der Waals surface area contributed by atoms with Crippen LogP contribution in [0.1, 0.15) is 38.7 Å². The molecule has 0 spiro atoms. The number of imide groups is 1. The van der Waals surface area contributed by atoms with E-state index in [2.05, 4.69) is 19.9 Å². The maximum absolute atomic E-state index is 12.6. The molecule has 0 aromatic heterocycles. The predicted molar refractivity (Wildman–Crippen MR) is 106 cm³/mol. The lowest BCUT2D eigenvalue weighted by atomic mass is 9.70. The van der Waals surface area contributed by atoms with E-state index >= 15 is 0 Å². The Hall–Kier alpha value is -2.40. The summed E-state index contributed by atoms with van der Waals surface area (Å²) in [5.74, 6) is -0.211. The van der Waals surface area contributed by atoms with Crippen LogP contribution in [0.5, 0.6) is 5.75 Å². The molecule has 0 radical (unpaired) electrons. The van der Waals surface area contributed by atoms with Gasteiger partial charge >= 0.3 is 0 Å². The highest BCUT2D eigenvalue weighted by Crippen LogP contribution is 2.49. The number of rotatable bonds is 4. The van der Waals surface area contributed by atoms with Crippen LogP contribution in [0, 0.1) is 17.8 Å². The van der Waals surface area contributed by atoms with E-state index in [1.807, 2.05) is 12.1 Å². The molecule has 2 saturated heterocycles. The summed E-state index contributed by atoms with van der Waals surface area (Å²) < 4.78 is 6.11. The largest absolute Gasteiger partial charge is 0.508 e. The monoisotopic (exact) mass is 381 g/mol. The van der Waals surface area contributed by atoms with Gasteiger partial charge in [0.1, 0.15) is 5.75 Å². The van der Waals surface area contributed by atoms with Crippen molar-refractivity contribution in [2.24, 2.45) is 17.8 Å². The molecule has 4 rings (SSSR count). The number of benzene rings is 1. The van der Waals surface area contributed by atoms with E-state index in [4.69, 9.17) is 4.74 Å². The first-order chi connectivity index (χ1) is 13.4. The highest BCUT2D eigenvalue weighted by molar-refractivity contribution is 6.05. The molecule has 2 heterocycles. The average Bonchev–Trinajstić information content (AvgIpc) is 3.18. The summed E-state index contributed by atoms with van der Waals surface area (Å²) in [5, 5.41) is 9.40. The van der Waals surface area contributed by atoms with E-state index in [1.165, 1.54) is 21.6 Å². The van der Waals surface area contributed by atoms with Crippen molar-refractivity contribution < 1.29 is 19.4 Å². The number of hydrogen-bond donors (Lipinski definition) is 1. The van der Waals surface area contributed by atoms with E-state index in [0.29, 0.717) is 13.0 Å². The molecule has 0 bridgehead atoms. The van der Waals surface area contributed by atoms with Crippen molar-refractivity contribution in [2.45, 2.75) is 39.2 Å². The zero-order chi connectivity index (χ0) is 20.0. The Kier molecular flexibility index (Phi) is 4.88. The minimum absolute atomic E-state index is 0.0305. The topological polar surface area (TPSA) is 66.8 Å². The fraction of sp³-hybridized carbons (Fsp3) is 0.478. The molecular formula is C23H27NO4. The summed E-state index contributed by atoms with van der Waals surface area (Å²) in [7, 11) is 1.60. The van der Waals surface area contributed by atoms with Crippen LogP contribution in [0.3, 0.4) is 0 Å². The number of hydrogen-bond acceptors (Lipinski definition) is 4. The summed E-state index contributed by atoms with van der Waals surface area (Å²) in [5.41, 5.74) is 4.80. The number of fused-ring (bicyclic) bond motifs is 3. The number of ether oxygens (including phenoxy) is 1. The zero-order valence-corrected chi connectivity index (χ0v) is 16.6. The van der Waals surface area contributed by atoms with Crippen LogP contribution in [0.25, 0.3) is 6.08 Å². The van der Waals surface area contributed by atoms with Gasteiger partial charge in [0.05, 0.1) is 24.5 Å². The molecule has 1 aromatic rings. The highest BCUT2D eigenvalue weighted by atomic mass is 16.5. The van der Waals surface area contributed by atoms with Crippen molar-refractivity contribution in [2.75, 3.05) is 13.7 Å². The van der Waals surface area contributed by atoms with Gasteiger partial charge in [0.2, 0.25) is 11.8 Å². The van der Waals surface area contributed by atoms with Crippen LogP contribution in [0.4, 0.5) is 0 Å². The highest BCUT2D eigenvalue weighted by Gasteiger charge is 2.55. The Bertz CT molecular complexity index is 867. The van der Waals surface area contributed by atoms with Crippen LogP contribution in [-0.2, 0) is 14.3 Å². The van der Waals surface area contributed by atoms with E-state index in [9.17, 15) is 14.7 Å². The predicted octanol–water partition coefficient (Wildman–Crippen LogP) is 3.54. The molecule has 5 nitrogen and oxygen atoms in total. The van der Waals surface area contributed by atoms with Gasteiger partial charge in [0, 0.05) is 13.0 Å². The molecule has 1 aromatic carbocycles. The summed E-state index contributed by atoms with van der Waals surface area (Å²) in [6.45, 7) is 4.73. The number of allylic oxidation sites excluding steroid dienone is 2. The lowest BCUT2D eigenvalue weighted by Crippen LogP contribution is -2.33. The van der Waals surface area contributed by atoms with Crippen molar-refractivity contribution >= 4 is 17.9 Å². The van der Waals surface area contributed by atoms with Gasteiger partial charge in [-0.3, -0.25) is 14.5 Å². The molecule has 2 amide bonds. The molecular weight excluding hydrogens is 354 g/mol. The first-order valence-electron chi connectivity index (χ1n) is 9.95. The van der Waals surface area contributed by atoms with Gasteiger partial charge < -0.3 is 9.84 Å². The third-order valence-electron chi connectivity index (χ3n) is 6.48. The number of phenolic OH excluding ortho intramolecular Hbond substituents is 1. The van der Waals surface area contributed by atoms with Gasteiger partial charge in [-0.05, 0) is 56.4 Å². The summed E-state index contributed by atoms with van der Waals surface area (Å²) in [4.78, 5) is 26.3. The van der Waals surface area contributed by atoms with Crippen molar-refractivity contribution in [3.05, 3.63) is 46.5 Å². The average molecular weight is 381 g/mol. The molecule has 1 N–H and O–H groups in total. The van der Waals surface area contributed by atoms with Crippen molar-refractivity contribution in [3.63, 3.8) is 0 Å². The smallest absolute Gasteiger partial charge is 0.233 e. The number of phenols is 1. The quantitative estimate of drug-likeness (QED) is 0.640. The van der Waals surface area contributed by atoms with Crippen LogP contribution in [0.15, 0.2) is 41.0 Å². The number of likely N-dealkylation sites (tertiary alicyclic amines) is 1. The van der Waals surface area contributed by atoms with Crippen LogP contribution >= 0.6 is 0 Å². The number of carbonyl (C=O) groups excluding carboxylic acids is 2. The third kappa shape index (κ3) is 3.18. The third-order valence-corrected chi connectivity index (χ3v) is 6.48. The second-order valence-corrected chi connectivity index (χ2v) is 8.36. The molecule has 2 fully saturated rings. The second kappa shape index (κ2) is 7.21. The molecule has 5 heteroatoms. The van der Waals surface area contributed by atoms with E-state index in [1.54, 1.807) is 19.2 Å². The molecule has 0 unspecified atom stereocenters. The van der Waals surface area contributed by atoms with Gasteiger partial charge in [-0.2, -0.15) is 0 Å². The van der Waals surface area contributed by atoms with Gasteiger partial charge in [-0.1, -0.05) is 29.4 Å². The van der Waals surface area contributed by atoms with Crippen LogP contribution in [0.2, 0.25) is 0 Å². The lowest BCUT2D eigenvalue weighted by molar-refractivity contribution is -0.138. The van der Waals surface area contributed by atoms with E-state index in [0.717, 1.165) is 18.4 Å². The molecule has 3 aliphatic rings. The SMILES string of the molecule is CC1=C2[C@@H](CC/C(C)=C/c3ccc(O)cc3)OC[C@@H]2[C@@H]2C(=O)N(C)C(=O)[C@@H]2C1. The second-order valence-electron chi connectivity index (χ2n) is 8.36. The maximum Gasteiger partial charge on any atom is 0.233 e. The Morgan fingerprint density at radius 2 is 1.93 bits per heavy atom. The Morgan fingerprint density at radius 1 is 1.21 bits per heavy atom. The molecule has 1 aliphatic carbocycles. The first-order valence-corrected chi connectivity index (χ1v) is 9.95. The van der Waals surface area contributed by atoms with E-state index in [-0.39, 0.29) is 41.4 Å². The van der Waals surface area contributed by atoms with Crippen molar-refractivity contribution in [1.82, 2.24) is 4.90 Å². The molecule has 0 saturated carbocycles. The molecule has 148 valence electrons. The summed E-state index contributed by atoms with van der Waals surface area (Å²) in [6.07, 6.45) is 4.60. The molecule has 4 atom stereocenters. The zero-order valence-electron chi connectivity index (χ0n) is 16.6. The number of nitrogens with zero attached hydrogens (tertiary/aromatic N) is 1. The Labute approximate surface area is 165 Å². The standard InChI is InChI=1S/C23H27NO4/c1-13(10-15-5-7-16(25)8-6-15)4-9-19-20-14(2)11-17-21(18(20)12-28-19)23(27)24(3)22(17)26/h5-8,10,17-19,21,25H,4,9,11-12H2,1-3H3/b13-10+/t17-,18+,19-,21-/m1/s1.